The summed E-state index contributed by atoms with van der Waals surface area (Å²) < 4.78 is 27.3. The van der Waals surface area contributed by atoms with Gasteiger partial charge in [-0.2, -0.15) is 0 Å². The van der Waals surface area contributed by atoms with Gasteiger partial charge in [-0.25, -0.2) is 9.78 Å². The van der Waals surface area contributed by atoms with Gasteiger partial charge in [0.25, 0.3) is 5.91 Å². The Hall–Kier alpha value is -4.64. The zero-order chi connectivity index (χ0) is 29.8. The fourth-order valence-corrected chi connectivity index (χ4v) is 4.46. The van der Waals surface area contributed by atoms with E-state index in [1.165, 1.54) is 31.2 Å². The van der Waals surface area contributed by atoms with Crippen LogP contribution in [0.15, 0.2) is 30.5 Å². The molecule has 0 aliphatic carbocycles. The van der Waals surface area contributed by atoms with E-state index in [-0.39, 0.29) is 21.4 Å². The van der Waals surface area contributed by atoms with Gasteiger partial charge in [-0.15, -0.1) is 0 Å². The third-order valence-corrected chi connectivity index (χ3v) is 6.14. The number of hydrogen-bond acceptors (Lipinski definition) is 14. The monoisotopic (exact) mass is 581 g/mol. The number of aliphatic carboxylic acids is 1. The quantitative estimate of drug-likeness (QED) is 0.186. The van der Waals surface area contributed by atoms with Crippen molar-refractivity contribution in [3.8, 4) is 5.75 Å². The van der Waals surface area contributed by atoms with Crippen molar-refractivity contribution < 1.29 is 57.7 Å². The van der Waals surface area contributed by atoms with Gasteiger partial charge in [0.15, 0.2) is 23.4 Å². The first kappa shape index (κ1) is 29.9. The maximum Gasteiger partial charge on any atom is 0.345 e. The highest BCUT2D eigenvalue weighted by Gasteiger charge is 2.61. The number of nitrogens with one attached hydrogen (secondary N) is 1. The van der Waals surface area contributed by atoms with Gasteiger partial charge in [-0.1, -0.05) is 12.1 Å². The largest absolute Gasteiger partial charge is 0.479 e. The predicted octanol–water partition coefficient (Wildman–Crippen LogP) is 1.68. The van der Waals surface area contributed by atoms with Crippen molar-refractivity contribution in [1.82, 2.24) is 4.98 Å². The zero-order valence-corrected chi connectivity index (χ0v) is 22.2. The molecular weight excluding hydrogens is 558 g/mol. The molecule has 1 aromatic heterocycles. The second-order valence-corrected chi connectivity index (χ2v) is 9.39. The van der Waals surface area contributed by atoms with Gasteiger partial charge in [-0.05, 0) is 23.5 Å². The van der Waals surface area contributed by atoms with Crippen LogP contribution >= 0.6 is 11.3 Å². The zero-order valence-electron chi connectivity index (χ0n) is 21.3. The van der Waals surface area contributed by atoms with Crippen LogP contribution in [0.4, 0.5) is 10.1 Å². The Bertz CT molecular complexity index is 1340. The number of hydrogen-bond donors (Lipinski definition) is 2. The number of carbonyl (C=O) groups excluding carboxylic acids is 4. The van der Waals surface area contributed by atoms with Crippen LogP contribution in [0.1, 0.15) is 38.1 Å². The van der Waals surface area contributed by atoms with E-state index < -0.39 is 64.9 Å². The van der Waals surface area contributed by atoms with E-state index in [9.17, 15) is 39.2 Å². The van der Waals surface area contributed by atoms with Crippen molar-refractivity contribution in [2.45, 2.75) is 57.9 Å². The lowest BCUT2D eigenvalue weighted by atomic mass is 9.92. The Morgan fingerprint density at radius 3 is 2.20 bits per heavy atom. The number of ether oxygens (including phenoxy) is 5. The molecule has 2 heterocycles. The molecular formula is C23H23N3O13S. The number of carboxylic acids is 1. The lowest BCUT2D eigenvalue weighted by Gasteiger charge is -2.48. The number of thiazole rings is 1. The molecule has 1 aliphatic rings. The first-order valence-corrected chi connectivity index (χ1v) is 12.2. The molecule has 2 N–H and O–H groups in total. The van der Waals surface area contributed by atoms with Crippen molar-refractivity contribution in [2.24, 2.45) is 0 Å². The Balaban J connectivity index is 2.04. The number of para-hydroxylation sites is 1. The number of nitro groups is 1. The highest BCUT2D eigenvalue weighted by molar-refractivity contribution is 7.18. The van der Waals surface area contributed by atoms with Crippen LogP contribution in [0.2, 0.25) is 0 Å². The van der Waals surface area contributed by atoms with Crippen molar-refractivity contribution in [2.75, 3.05) is 5.32 Å². The summed E-state index contributed by atoms with van der Waals surface area (Å²) in [6, 6.07) is 5.57. The average Bonchev–Trinajstić information content (AvgIpc) is 3.31. The summed E-state index contributed by atoms with van der Waals surface area (Å²) >= 11 is 0.606. The van der Waals surface area contributed by atoms with Crippen LogP contribution in [0.5, 0.6) is 5.75 Å². The number of nitrogens with zero attached hydrogens (tertiary/aromatic N) is 2. The van der Waals surface area contributed by atoms with Gasteiger partial charge in [0.1, 0.15) is 11.9 Å². The molecule has 1 aromatic carbocycles. The van der Waals surface area contributed by atoms with Crippen molar-refractivity contribution in [3.05, 3.63) is 46.1 Å². The van der Waals surface area contributed by atoms with Crippen molar-refractivity contribution in [3.63, 3.8) is 0 Å². The minimum Gasteiger partial charge on any atom is -0.479 e. The summed E-state index contributed by atoms with van der Waals surface area (Å²) in [6.07, 6.45) is -6.17. The Kier molecular flexibility index (Phi) is 9.00. The first-order valence-electron chi connectivity index (χ1n) is 11.3. The van der Waals surface area contributed by atoms with Crippen LogP contribution in [0, 0.1) is 10.1 Å². The molecule has 1 amide bonds. The number of amides is 1. The number of carboxylic acid groups (broad SMARTS) is 1. The van der Waals surface area contributed by atoms with Gasteiger partial charge in [0.05, 0.1) is 10.5 Å². The molecule has 3 rings (SSSR count). The second kappa shape index (κ2) is 12.0. The number of anilines is 1. The number of benzene rings is 1. The van der Waals surface area contributed by atoms with Gasteiger partial charge in [-0.3, -0.25) is 34.6 Å². The summed E-state index contributed by atoms with van der Waals surface area (Å²) in [5.41, 5.74) is -0.148. The van der Waals surface area contributed by atoms with E-state index in [1.807, 2.05) is 0 Å². The van der Waals surface area contributed by atoms with Gasteiger partial charge >= 0.3 is 28.9 Å². The lowest BCUT2D eigenvalue weighted by Crippen LogP contribution is -2.69. The van der Waals surface area contributed by atoms with Crippen LogP contribution < -0.4 is 10.1 Å². The number of carbonyl (C=O) groups is 5. The summed E-state index contributed by atoms with van der Waals surface area (Å²) in [6.45, 7) is 4.18. The highest BCUT2D eigenvalue weighted by Crippen LogP contribution is 2.38. The average molecular weight is 582 g/mol. The maximum atomic E-state index is 13.0. The summed E-state index contributed by atoms with van der Waals surface area (Å²) in [5.74, 6) is -7.66. The predicted molar refractivity (Wildman–Crippen MR) is 131 cm³/mol. The molecule has 1 unspecified atom stereocenters. The Morgan fingerprint density at radius 1 is 1.05 bits per heavy atom. The molecule has 16 nitrogen and oxygen atoms in total. The summed E-state index contributed by atoms with van der Waals surface area (Å²) in [5, 5.41) is 22.8. The van der Waals surface area contributed by atoms with E-state index in [0.29, 0.717) is 11.3 Å². The Morgan fingerprint density at radius 2 is 1.65 bits per heavy atom. The third kappa shape index (κ3) is 6.86. The summed E-state index contributed by atoms with van der Waals surface area (Å²) in [4.78, 5) is 74.9. The van der Waals surface area contributed by atoms with E-state index in [4.69, 9.17) is 23.7 Å². The minimum absolute atomic E-state index is 0.0884. The molecule has 2 aromatic rings. The minimum atomic E-state index is -2.23. The van der Waals surface area contributed by atoms with Crippen LogP contribution in [-0.4, -0.2) is 75.0 Å². The van der Waals surface area contributed by atoms with Crippen LogP contribution in [0.25, 0.3) is 0 Å². The van der Waals surface area contributed by atoms with E-state index in [2.05, 4.69) is 10.3 Å². The molecule has 0 spiro atoms. The molecule has 214 valence electrons. The van der Waals surface area contributed by atoms with Crippen molar-refractivity contribution >= 4 is 51.3 Å². The van der Waals surface area contributed by atoms with Gasteiger partial charge in [0, 0.05) is 27.7 Å². The molecule has 0 radical (unpaired) electrons. The van der Waals surface area contributed by atoms with Crippen LogP contribution in [0.3, 0.4) is 0 Å². The Labute approximate surface area is 229 Å². The first-order chi connectivity index (χ1) is 18.7. The van der Waals surface area contributed by atoms with Crippen molar-refractivity contribution in [1.29, 1.82) is 0 Å². The fourth-order valence-electron chi connectivity index (χ4n) is 3.83. The highest BCUT2D eigenvalue weighted by atomic mass is 32.1. The number of aromatic nitrogens is 1. The van der Waals surface area contributed by atoms with E-state index in [1.54, 1.807) is 0 Å². The molecule has 1 fully saturated rings. The number of rotatable bonds is 9. The fraction of sp³-hybridized carbons (Fsp3) is 0.391. The maximum absolute atomic E-state index is 13.0. The SMILES string of the molecule is CC(=O)O[C@H]1[C@H](OC(C)=O)[C@@H](OC(C)=O)C(C)(Oc2ccccc2C(=O)Nc2ncc([N+](=O)[O-])s2)O[C@@H]1C(=O)O. The molecule has 5 atom stereocenters. The standard InChI is InChI=1S/C23H23N3O13S/c1-10(27)35-16-17(36-11(2)28)19(37-12(3)29)23(4,39-18(16)21(31)32)38-14-8-6-5-7-13(14)20(30)25-22-24-9-15(40-22)26(33)34/h5-9,16-19H,1-4H3,(H,31,32)(H,24,25,30)/t16-,17-,18-,19+,23?/m0/s1. The summed E-state index contributed by atoms with van der Waals surface area (Å²) in [7, 11) is 0. The topological polar surface area (TPSA) is 220 Å². The molecule has 0 saturated carbocycles. The number of esters is 3. The van der Waals surface area contributed by atoms with Gasteiger partial charge < -0.3 is 28.8 Å². The molecule has 40 heavy (non-hydrogen) atoms. The van der Waals surface area contributed by atoms with E-state index in [0.717, 1.165) is 27.0 Å². The third-order valence-electron chi connectivity index (χ3n) is 5.28. The normalized spacial score (nSPS) is 23.8. The lowest BCUT2D eigenvalue weighted by molar-refractivity contribution is -0.380. The van der Waals surface area contributed by atoms with E-state index >= 15 is 0 Å². The molecule has 1 saturated heterocycles. The molecule has 1 aliphatic heterocycles. The van der Waals surface area contributed by atoms with Gasteiger partial charge in [0.2, 0.25) is 11.9 Å². The van der Waals surface area contributed by atoms with Crippen LogP contribution in [-0.2, 0) is 38.1 Å². The smallest absolute Gasteiger partial charge is 0.345 e. The second-order valence-electron chi connectivity index (χ2n) is 8.38. The molecule has 17 heteroatoms. The molecule has 0 bridgehead atoms.